The highest BCUT2D eigenvalue weighted by atomic mass is 79.9. The first-order chi connectivity index (χ1) is 9.85. The van der Waals surface area contributed by atoms with E-state index in [1.54, 1.807) is 12.1 Å². The van der Waals surface area contributed by atoms with Crippen molar-refractivity contribution in [2.75, 3.05) is 11.8 Å². The number of anilines is 1. The maximum absolute atomic E-state index is 12.3. The zero-order chi connectivity index (χ0) is 15.6. The van der Waals surface area contributed by atoms with Gasteiger partial charge in [-0.2, -0.15) is 0 Å². The van der Waals surface area contributed by atoms with Crippen LogP contribution in [0.5, 0.6) is 0 Å². The molecule has 0 unspecified atom stereocenters. The third kappa shape index (κ3) is 3.57. The number of nitrogens with one attached hydrogen (secondary N) is 1. The van der Waals surface area contributed by atoms with E-state index in [1.165, 1.54) is 25.3 Å². The number of thiophene rings is 1. The van der Waals surface area contributed by atoms with E-state index in [0.29, 0.717) is 8.81 Å². The molecule has 1 aromatic heterocycles. The molecule has 0 amide bonds. The number of sulfonamides is 1. The summed E-state index contributed by atoms with van der Waals surface area (Å²) in [6.07, 6.45) is 0. The molecule has 1 aromatic carbocycles. The Labute approximate surface area is 139 Å². The first kappa shape index (κ1) is 16.3. The van der Waals surface area contributed by atoms with Crippen LogP contribution in [-0.4, -0.2) is 21.5 Å². The molecule has 21 heavy (non-hydrogen) atoms. The van der Waals surface area contributed by atoms with Crippen molar-refractivity contribution in [3.8, 4) is 0 Å². The largest absolute Gasteiger partial charge is 0.465 e. The van der Waals surface area contributed by atoms with Gasteiger partial charge in [0, 0.05) is 0 Å². The molecule has 0 atom stereocenters. The Morgan fingerprint density at radius 1 is 1.38 bits per heavy atom. The minimum atomic E-state index is -3.83. The lowest BCUT2D eigenvalue weighted by Gasteiger charge is -2.10. The van der Waals surface area contributed by atoms with Crippen LogP contribution in [0.3, 0.4) is 0 Å². The molecule has 1 N–H and O–H groups in total. The van der Waals surface area contributed by atoms with Crippen LogP contribution in [0.2, 0.25) is 5.02 Å². The van der Waals surface area contributed by atoms with E-state index in [4.69, 9.17) is 11.6 Å². The lowest BCUT2D eigenvalue weighted by molar-refractivity contribution is 0.0602. The number of ether oxygens (including phenoxy) is 1. The number of rotatable bonds is 4. The first-order valence-corrected chi connectivity index (χ1v) is 8.97. The van der Waals surface area contributed by atoms with Crippen molar-refractivity contribution in [3.63, 3.8) is 0 Å². The van der Waals surface area contributed by atoms with Gasteiger partial charge in [0.25, 0.3) is 10.0 Å². The van der Waals surface area contributed by atoms with Crippen LogP contribution >= 0.6 is 38.9 Å². The Morgan fingerprint density at radius 3 is 2.62 bits per heavy atom. The number of esters is 1. The molecule has 2 aromatic rings. The van der Waals surface area contributed by atoms with Gasteiger partial charge < -0.3 is 4.74 Å². The van der Waals surface area contributed by atoms with E-state index in [0.717, 1.165) is 11.3 Å². The lowest BCUT2D eigenvalue weighted by Crippen LogP contribution is -2.15. The molecule has 0 bridgehead atoms. The van der Waals surface area contributed by atoms with Gasteiger partial charge in [0.05, 0.1) is 27.2 Å². The third-order valence-electron chi connectivity index (χ3n) is 2.46. The van der Waals surface area contributed by atoms with Gasteiger partial charge in [-0.15, -0.1) is 11.3 Å². The smallest absolute Gasteiger partial charge is 0.339 e. The van der Waals surface area contributed by atoms with Crippen molar-refractivity contribution < 1.29 is 17.9 Å². The van der Waals surface area contributed by atoms with E-state index in [2.05, 4.69) is 25.4 Å². The van der Waals surface area contributed by atoms with Crippen molar-refractivity contribution >= 4 is 60.5 Å². The Balaban J connectivity index is 2.40. The number of carbonyl (C=O) groups excluding carboxylic acids is 1. The summed E-state index contributed by atoms with van der Waals surface area (Å²) in [6.45, 7) is 0. The highest BCUT2D eigenvalue weighted by Crippen LogP contribution is 2.35. The van der Waals surface area contributed by atoms with Crippen molar-refractivity contribution in [3.05, 3.63) is 44.7 Å². The number of methoxy groups -OCH3 is 1. The number of hydrogen-bond donors (Lipinski definition) is 1. The van der Waals surface area contributed by atoms with Gasteiger partial charge in [0.2, 0.25) is 0 Å². The van der Waals surface area contributed by atoms with Crippen molar-refractivity contribution in [1.82, 2.24) is 0 Å². The SMILES string of the molecule is COC(=O)c1ccccc1NS(=O)(=O)c1cc(Cl)c(Br)s1. The van der Waals surface area contributed by atoms with Gasteiger partial charge in [-0.05, 0) is 34.1 Å². The highest BCUT2D eigenvalue weighted by Gasteiger charge is 2.21. The molecule has 0 radical (unpaired) electrons. The first-order valence-electron chi connectivity index (χ1n) is 5.50. The van der Waals surface area contributed by atoms with Crippen LogP contribution in [0, 0.1) is 0 Å². The van der Waals surface area contributed by atoms with Gasteiger partial charge in [-0.3, -0.25) is 4.72 Å². The molecule has 0 aliphatic carbocycles. The molecular formula is C12H9BrClNO4S2. The van der Waals surface area contributed by atoms with Crippen LogP contribution in [-0.2, 0) is 14.8 Å². The fourth-order valence-electron chi connectivity index (χ4n) is 1.51. The van der Waals surface area contributed by atoms with Gasteiger partial charge in [-0.1, -0.05) is 23.7 Å². The van der Waals surface area contributed by atoms with Gasteiger partial charge in [-0.25, -0.2) is 13.2 Å². The molecule has 1 heterocycles. The fourth-order valence-corrected chi connectivity index (χ4v) is 4.99. The van der Waals surface area contributed by atoms with Crippen LogP contribution in [0.25, 0.3) is 0 Å². The molecule has 0 saturated heterocycles. The number of carbonyl (C=O) groups is 1. The Hall–Kier alpha value is -1.09. The number of hydrogen-bond acceptors (Lipinski definition) is 5. The molecule has 9 heteroatoms. The van der Waals surface area contributed by atoms with E-state index in [1.807, 2.05) is 0 Å². The number of benzene rings is 1. The average molecular weight is 411 g/mol. The maximum atomic E-state index is 12.3. The van der Waals surface area contributed by atoms with Gasteiger partial charge in [0.15, 0.2) is 0 Å². The summed E-state index contributed by atoms with van der Waals surface area (Å²) in [6, 6.07) is 7.51. The molecule has 5 nitrogen and oxygen atoms in total. The van der Waals surface area contributed by atoms with Crippen LogP contribution < -0.4 is 4.72 Å². The Bertz CT molecular complexity index is 769. The Kier molecular flexibility index (Phi) is 4.92. The summed E-state index contributed by atoms with van der Waals surface area (Å²) < 4.78 is 32.1. The molecule has 112 valence electrons. The summed E-state index contributed by atoms with van der Waals surface area (Å²) >= 11 is 9.98. The lowest BCUT2D eigenvalue weighted by atomic mass is 10.2. The predicted molar refractivity (Wildman–Crippen MR) is 85.6 cm³/mol. The van der Waals surface area contributed by atoms with Crippen LogP contribution in [0.1, 0.15) is 10.4 Å². The van der Waals surface area contributed by atoms with Crippen LogP contribution in [0.4, 0.5) is 5.69 Å². The highest BCUT2D eigenvalue weighted by molar-refractivity contribution is 9.11. The van der Waals surface area contributed by atoms with E-state index in [9.17, 15) is 13.2 Å². The molecule has 0 spiro atoms. The molecule has 0 aliphatic heterocycles. The second kappa shape index (κ2) is 6.35. The zero-order valence-electron chi connectivity index (χ0n) is 10.6. The summed E-state index contributed by atoms with van der Waals surface area (Å²) in [4.78, 5) is 11.6. The molecule has 0 fully saturated rings. The standard InChI is InChI=1S/C12H9BrClNO4S2/c1-19-12(16)7-4-2-3-5-9(7)15-21(17,18)10-6-8(14)11(13)20-10/h2-6,15H,1H3. The predicted octanol–water partition coefficient (Wildman–Crippen LogP) is 3.75. The quantitative estimate of drug-likeness (QED) is 0.779. The fraction of sp³-hybridized carbons (Fsp3) is 0.0833. The summed E-state index contributed by atoms with van der Waals surface area (Å²) in [7, 11) is -2.61. The summed E-state index contributed by atoms with van der Waals surface area (Å²) in [5.74, 6) is -0.626. The summed E-state index contributed by atoms with van der Waals surface area (Å²) in [5, 5.41) is 0.307. The minimum Gasteiger partial charge on any atom is -0.465 e. The van der Waals surface area contributed by atoms with Crippen molar-refractivity contribution in [1.29, 1.82) is 0 Å². The molecule has 2 rings (SSSR count). The van der Waals surface area contributed by atoms with Crippen molar-refractivity contribution in [2.45, 2.75) is 4.21 Å². The Morgan fingerprint density at radius 2 is 2.05 bits per heavy atom. The molecule has 0 aliphatic rings. The van der Waals surface area contributed by atoms with E-state index < -0.39 is 16.0 Å². The number of para-hydroxylation sites is 1. The second-order valence-corrected chi connectivity index (χ2v) is 8.52. The number of halogens is 2. The third-order valence-corrected chi connectivity index (χ3v) is 6.78. The zero-order valence-corrected chi connectivity index (χ0v) is 14.6. The van der Waals surface area contributed by atoms with Gasteiger partial charge >= 0.3 is 5.97 Å². The average Bonchev–Trinajstić information content (AvgIpc) is 2.79. The minimum absolute atomic E-state index is 0.0408. The van der Waals surface area contributed by atoms with Crippen molar-refractivity contribution in [2.24, 2.45) is 0 Å². The molecular weight excluding hydrogens is 402 g/mol. The maximum Gasteiger partial charge on any atom is 0.339 e. The van der Waals surface area contributed by atoms with E-state index >= 15 is 0 Å². The monoisotopic (exact) mass is 409 g/mol. The molecule has 0 saturated carbocycles. The van der Waals surface area contributed by atoms with E-state index in [-0.39, 0.29) is 15.5 Å². The normalized spacial score (nSPS) is 11.2. The topological polar surface area (TPSA) is 72.5 Å². The second-order valence-electron chi connectivity index (χ2n) is 3.83. The van der Waals surface area contributed by atoms with Crippen LogP contribution in [0.15, 0.2) is 38.3 Å². The van der Waals surface area contributed by atoms with Gasteiger partial charge in [0.1, 0.15) is 4.21 Å². The summed E-state index contributed by atoms with van der Waals surface area (Å²) in [5.41, 5.74) is 0.273.